The second-order valence-electron chi connectivity index (χ2n) is 5.32. The molecule has 6 heteroatoms. The lowest BCUT2D eigenvalue weighted by Gasteiger charge is -2.28. The number of carbonyl (C=O) groups is 1. The molecule has 1 fully saturated rings. The third kappa shape index (κ3) is 2.65. The Hall–Kier alpha value is -1.56. The van der Waals surface area contributed by atoms with Gasteiger partial charge >= 0.3 is 0 Å². The van der Waals surface area contributed by atoms with Crippen molar-refractivity contribution in [2.24, 2.45) is 0 Å². The summed E-state index contributed by atoms with van der Waals surface area (Å²) < 4.78 is 1.66. The van der Waals surface area contributed by atoms with Gasteiger partial charge in [0, 0.05) is 19.1 Å². The molecule has 1 aliphatic rings. The van der Waals surface area contributed by atoms with E-state index in [1.165, 1.54) is 0 Å². The highest BCUT2D eigenvalue weighted by Crippen LogP contribution is 2.26. The Kier molecular flexibility index (Phi) is 4.65. The highest BCUT2D eigenvalue weighted by Gasteiger charge is 2.30. The molecule has 20 heavy (non-hydrogen) atoms. The van der Waals surface area contributed by atoms with Gasteiger partial charge in [-0.05, 0) is 26.7 Å². The summed E-state index contributed by atoms with van der Waals surface area (Å²) in [5.41, 5.74) is 7.62. The minimum Gasteiger partial charge on any atom is -0.395 e. The summed E-state index contributed by atoms with van der Waals surface area (Å²) in [4.78, 5) is 14.6. The molecule has 1 aliphatic carbocycles. The quantitative estimate of drug-likeness (QED) is 0.848. The van der Waals surface area contributed by atoms with Crippen LogP contribution in [0.3, 0.4) is 0 Å². The fraction of sp³-hybridized carbons (Fsp3) is 0.714. The predicted octanol–water partition coefficient (Wildman–Crippen LogP) is 1.17. The fourth-order valence-electron chi connectivity index (χ4n) is 2.96. The molecule has 1 amide bonds. The van der Waals surface area contributed by atoms with Crippen LogP contribution in [0.1, 0.15) is 48.8 Å². The van der Waals surface area contributed by atoms with Crippen LogP contribution in [0.5, 0.6) is 0 Å². The summed E-state index contributed by atoms with van der Waals surface area (Å²) in [5.74, 6) is -0.106. The number of aryl methyl sites for hydroxylation is 2. The van der Waals surface area contributed by atoms with E-state index in [0.717, 1.165) is 25.7 Å². The van der Waals surface area contributed by atoms with Gasteiger partial charge in [0.15, 0.2) is 0 Å². The van der Waals surface area contributed by atoms with E-state index >= 15 is 0 Å². The Labute approximate surface area is 119 Å². The van der Waals surface area contributed by atoms with Crippen molar-refractivity contribution in [1.29, 1.82) is 0 Å². The number of aliphatic hydroxyl groups is 1. The molecule has 0 radical (unpaired) electrons. The Morgan fingerprint density at radius 1 is 1.50 bits per heavy atom. The van der Waals surface area contributed by atoms with Crippen LogP contribution in [0.15, 0.2) is 0 Å². The van der Waals surface area contributed by atoms with E-state index in [0.29, 0.717) is 30.2 Å². The summed E-state index contributed by atoms with van der Waals surface area (Å²) in [6.45, 7) is 4.69. The number of aliphatic hydroxyl groups excluding tert-OH is 1. The molecule has 0 atom stereocenters. The molecule has 1 aromatic rings. The lowest BCUT2D eigenvalue weighted by atomic mass is 10.1. The number of aromatic nitrogens is 2. The van der Waals surface area contributed by atoms with Crippen molar-refractivity contribution in [3.05, 3.63) is 11.4 Å². The molecule has 0 spiro atoms. The second kappa shape index (κ2) is 6.26. The summed E-state index contributed by atoms with van der Waals surface area (Å²) in [6.07, 6.45) is 4.29. The molecule has 6 nitrogen and oxygen atoms in total. The van der Waals surface area contributed by atoms with Crippen molar-refractivity contribution in [1.82, 2.24) is 14.7 Å². The van der Waals surface area contributed by atoms with E-state index < -0.39 is 0 Å². The smallest absolute Gasteiger partial charge is 0.274 e. The van der Waals surface area contributed by atoms with Crippen LogP contribution in [0.25, 0.3) is 0 Å². The molecule has 0 aromatic carbocycles. The normalized spacial score (nSPS) is 15.8. The first kappa shape index (κ1) is 14.8. The summed E-state index contributed by atoms with van der Waals surface area (Å²) in [5, 5.41) is 13.5. The zero-order chi connectivity index (χ0) is 14.7. The molecular weight excluding hydrogens is 256 g/mol. The van der Waals surface area contributed by atoms with Crippen LogP contribution in [-0.2, 0) is 6.54 Å². The fourth-order valence-corrected chi connectivity index (χ4v) is 2.96. The second-order valence-corrected chi connectivity index (χ2v) is 5.32. The van der Waals surface area contributed by atoms with Crippen LogP contribution in [0, 0.1) is 6.92 Å². The first-order valence-electron chi connectivity index (χ1n) is 7.34. The summed E-state index contributed by atoms with van der Waals surface area (Å²) in [6, 6.07) is 0.217. The average Bonchev–Trinajstić information content (AvgIpc) is 3.05. The van der Waals surface area contributed by atoms with Crippen molar-refractivity contribution < 1.29 is 9.90 Å². The van der Waals surface area contributed by atoms with E-state index in [2.05, 4.69) is 5.10 Å². The standard InChI is InChI=1S/C14H24N4O2/c1-3-18-13(12(15)10(2)16-18)14(20)17(8-9-19)11-6-4-5-7-11/h11,19H,3-9,15H2,1-2H3. The zero-order valence-corrected chi connectivity index (χ0v) is 12.3. The van der Waals surface area contributed by atoms with E-state index in [4.69, 9.17) is 5.73 Å². The predicted molar refractivity (Wildman–Crippen MR) is 77.4 cm³/mol. The number of carbonyl (C=O) groups excluding carboxylic acids is 1. The van der Waals surface area contributed by atoms with Gasteiger partial charge < -0.3 is 15.7 Å². The lowest BCUT2D eigenvalue weighted by molar-refractivity contribution is 0.0626. The third-order valence-electron chi connectivity index (χ3n) is 4.04. The average molecular weight is 280 g/mol. The number of nitrogens with zero attached hydrogens (tertiary/aromatic N) is 3. The summed E-state index contributed by atoms with van der Waals surface area (Å²) >= 11 is 0. The van der Waals surface area contributed by atoms with Gasteiger partial charge in [-0.2, -0.15) is 5.10 Å². The molecule has 112 valence electrons. The van der Waals surface area contributed by atoms with Crippen molar-refractivity contribution in [2.45, 2.75) is 52.1 Å². The molecule has 1 aromatic heterocycles. The number of hydrogen-bond donors (Lipinski definition) is 2. The van der Waals surface area contributed by atoms with E-state index in [1.807, 2.05) is 13.8 Å². The lowest BCUT2D eigenvalue weighted by Crippen LogP contribution is -2.42. The minimum atomic E-state index is -0.106. The van der Waals surface area contributed by atoms with Crippen LogP contribution in [0.4, 0.5) is 5.69 Å². The molecule has 1 saturated carbocycles. The first-order chi connectivity index (χ1) is 9.60. The van der Waals surface area contributed by atoms with Crippen molar-refractivity contribution in [3.8, 4) is 0 Å². The number of hydrogen-bond acceptors (Lipinski definition) is 4. The van der Waals surface area contributed by atoms with E-state index in [1.54, 1.807) is 9.58 Å². The van der Waals surface area contributed by atoms with E-state index in [9.17, 15) is 9.90 Å². The SMILES string of the molecule is CCn1nc(C)c(N)c1C(=O)N(CCO)C1CCCC1. The van der Waals surface area contributed by atoms with Gasteiger partial charge in [0.2, 0.25) is 0 Å². The van der Waals surface area contributed by atoms with Crippen LogP contribution < -0.4 is 5.73 Å². The zero-order valence-electron chi connectivity index (χ0n) is 12.3. The maximum absolute atomic E-state index is 12.8. The molecule has 0 saturated heterocycles. The van der Waals surface area contributed by atoms with Crippen LogP contribution >= 0.6 is 0 Å². The minimum absolute atomic E-state index is 0.0264. The highest BCUT2D eigenvalue weighted by atomic mass is 16.3. The maximum Gasteiger partial charge on any atom is 0.274 e. The van der Waals surface area contributed by atoms with Crippen molar-refractivity contribution in [2.75, 3.05) is 18.9 Å². The van der Waals surface area contributed by atoms with E-state index in [-0.39, 0.29) is 18.6 Å². The molecule has 0 unspecified atom stereocenters. The van der Waals surface area contributed by atoms with Gasteiger partial charge in [-0.1, -0.05) is 12.8 Å². The Morgan fingerprint density at radius 2 is 2.15 bits per heavy atom. The first-order valence-corrected chi connectivity index (χ1v) is 7.34. The molecule has 0 aliphatic heterocycles. The number of amides is 1. The molecule has 1 heterocycles. The van der Waals surface area contributed by atoms with Crippen LogP contribution in [0.2, 0.25) is 0 Å². The Morgan fingerprint density at radius 3 is 2.70 bits per heavy atom. The molecular formula is C14H24N4O2. The van der Waals surface area contributed by atoms with Gasteiger partial charge in [-0.15, -0.1) is 0 Å². The number of nitrogen functional groups attached to an aromatic ring is 1. The maximum atomic E-state index is 12.8. The number of anilines is 1. The van der Waals surface area contributed by atoms with Gasteiger partial charge in [0.25, 0.3) is 5.91 Å². The number of rotatable bonds is 5. The van der Waals surface area contributed by atoms with Crippen LogP contribution in [-0.4, -0.2) is 44.9 Å². The van der Waals surface area contributed by atoms with Crippen molar-refractivity contribution >= 4 is 11.6 Å². The largest absolute Gasteiger partial charge is 0.395 e. The van der Waals surface area contributed by atoms with Gasteiger partial charge in [-0.3, -0.25) is 9.48 Å². The monoisotopic (exact) mass is 280 g/mol. The van der Waals surface area contributed by atoms with Gasteiger partial charge in [-0.25, -0.2) is 0 Å². The Balaban J connectivity index is 2.31. The van der Waals surface area contributed by atoms with Gasteiger partial charge in [0.1, 0.15) is 5.69 Å². The van der Waals surface area contributed by atoms with Gasteiger partial charge in [0.05, 0.1) is 18.0 Å². The summed E-state index contributed by atoms with van der Waals surface area (Å²) in [7, 11) is 0. The molecule has 2 rings (SSSR count). The highest BCUT2D eigenvalue weighted by molar-refractivity contribution is 5.98. The Bertz CT molecular complexity index is 478. The van der Waals surface area contributed by atoms with Crippen molar-refractivity contribution in [3.63, 3.8) is 0 Å². The molecule has 0 bridgehead atoms. The number of nitrogens with two attached hydrogens (primary N) is 1. The topological polar surface area (TPSA) is 84.4 Å². The molecule has 3 N–H and O–H groups in total. The third-order valence-corrected chi connectivity index (χ3v) is 4.04.